The zero-order chi connectivity index (χ0) is 8.36. The first kappa shape index (κ1) is 10.8. The molecular weight excluding hydrogens is 150 g/mol. The van der Waals surface area contributed by atoms with E-state index in [1.54, 1.807) is 0 Å². The lowest BCUT2D eigenvalue weighted by Crippen LogP contribution is -2.17. The molecule has 0 heterocycles. The van der Waals surface area contributed by atoms with Crippen LogP contribution in [0, 0.1) is 0 Å². The van der Waals surface area contributed by atoms with Gasteiger partial charge in [-0.15, -0.1) is 0 Å². The summed E-state index contributed by atoms with van der Waals surface area (Å²) in [6, 6.07) is 0. The van der Waals surface area contributed by atoms with Crippen LogP contribution < -0.4 is 5.64 Å². The van der Waals surface area contributed by atoms with Gasteiger partial charge in [0.25, 0.3) is 0 Å². The molecule has 0 aliphatic carbocycles. The summed E-state index contributed by atoms with van der Waals surface area (Å²) in [6.45, 7) is 1.04. The molecule has 70 valence electrons. The average molecular weight is 167 g/mol. The van der Waals surface area contributed by atoms with Crippen LogP contribution in [-0.4, -0.2) is 36.6 Å². The second-order valence-electron chi connectivity index (χ2n) is 1.93. The number of hydrogen-bond donors (Lipinski definition) is 3. The maximum Gasteiger partial charge on any atom is 0.0730 e. The standard InChI is InChI=1S/C6H15NO4.H2/c8-3-1-5-10-7-11-6-2-4-9;/h7-9H,1-6H2;1H. The summed E-state index contributed by atoms with van der Waals surface area (Å²) in [6.07, 6.45) is 1.16. The molecule has 0 spiro atoms. The van der Waals surface area contributed by atoms with Crippen molar-refractivity contribution in [3.05, 3.63) is 0 Å². The van der Waals surface area contributed by atoms with Crippen LogP contribution in [-0.2, 0) is 9.68 Å². The van der Waals surface area contributed by atoms with Crippen molar-refractivity contribution in [1.29, 1.82) is 0 Å². The molecule has 0 fully saturated rings. The van der Waals surface area contributed by atoms with E-state index in [0.717, 1.165) is 0 Å². The number of aliphatic hydroxyl groups is 2. The highest BCUT2D eigenvalue weighted by Crippen LogP contribution is 1.79. The molecule has 0 aromatic rings. The summed E-state index contributed by atoms with van der Waals surface area (Å²) < 4.78 is 0. The van der Waals surface area contributed by atoms with Gasteiger partial charge >= 0.3 is 0 Å². The van der Waals surface area contributed by atoms with Crippen LogP contribution in [0.15, 0.2) is 0 Å². The third-order valence-corrected chi connectivity index (χ3v) is 0.927. The van der Waals surface area contributed by atoms with Crippen molar-refractivity contribution in [2.45, 2.75) is 12.8 Å². The molecule has 0 aliphatic rings. The van der Waals surface area contributed by atoms with E-state index in [2.05, 4.69) is 5.64 Å². The molecule has 3 N–H and O–H groups in total. The SMILES string of the molecule is OCCCONOCCCO.[HH]. The predicted octanol–water partition coefficient (Wildman–Crippen LogP) is -0.550. The zero-order valence-electron chi connectivity index (χ0n) is 6.45. The molecule has 0 saturated carbocycles. The smallest absolute Gasteiger partial charge is 0.0730 e. The highest BCUT2D eigenvalue weighted by Gasteiger charge is 1.87. The van der Waals surface area contributed by atoms with Crippen molar-refractivity contribution >= 4 is 0 Å². The normalized spacial score (nSPS) is 10.4. The van der Waals surface area contributed by atoms with E-state index in [1.807, 2.05) is 0 Å². The summed E-state index contributed by atoms with van der Waals surface area (Å²) in [5.41, 5.74) is 2.23. The summed E-state index contributed by atoms with van der Waals surface area (Å²) in [5.74, 6) is 0. The highest BCUT2D eigenvalue weighted by molar-refractivity contribution is 4.27. The molecule has 0 atom stereocenters. The van der Waals surface area contributed by atoms with Crippen molar-refractivity contribution in [2.75, 3.05) is 26.4 Å². The van der Waals surface area contributed by atoms with Crippen LogP contribution in [0.3, 0.4) is 0 Å². The van der Waals surface area contributed by atoms with Crippen LogP contribution in [0.2, 0.25) is 0 Å². The maximum atomic E-state index is 8.33. The molecule has 0 aromatic carbocycles. The molecule has 0 aliphatic heterocycles. The van der Waals surface area contributed by atoms with Gasteiger partial charge in [0.1, 0.15) is 0 Å². The Labute approximate surface area is 67.3 Å². The number of nitrogens with one attached hydrogen (secondary N) is 1. The molecule has 0 rings (SSSR count). The first-order valence-corrected chi connectivity index (χ1v) is 3.62. The lowest BCUT2D eigenvalue weighted by molar-refractivity contribution is -0.173. The summed E-state index contributed by atoms with van der Waals surface area (Å²) >= 11 is 0. The lowest BCUT2D eigenvalue weighted by Gasteiger charge is -2.03. The van der Waals surface area contributed by atoms with Gasteiger partial charge in [0.2, 0.25) is 0 Å². The lowest BCUT2D eigenvalue weighted by atomic mass is 10.5. The molecule has 0 unspecified atom stereocenters. The van der Waals surface area contributed by atoms with Crippen molar-refractivity contribution in [3.8, 4) is 0 Å². The highest BCUT2D eigenvalue weighted by atomic mass is 16.9. The van der Waals surface area contributed by atoms with Crippen LogP contribution in [0.5, 0.6) is 0 Å². The van der Waals surface area contributed by atoms with Crippen molar-refractivity contribution < 1.29 is 21.3 Å². The molecule has 0 bridgehead atoms. The third kappa shape index (κ3) is 9.80. The Morgan fingerprint density at radius 1 is 1.00 bits per heavy atom. The Morgan fingerprint density at radius 2 is 1.45 bits per heavy atom. The first-order valence-electron chi connectivity index (χ1n) is 3.62. The van der Waals surface area contributed by atoms with Crippen molar-refractivity contribution in [2.24, 2.45) is 0 Å². The monoisotopic (exact) mass is 167 g/mol. The Kier molecular flexibility index (Phi) is 9.62. The predicted molar refractivity (Wildman–Crippen MR) is 40.6 cm³/mol. The summed E-state index contributed by atoms with van der Waals surface area (Å²) in [4.78, 5) is 9.41. The fraction of sp³-hybridized carbons (Fsp3) is 1.00. The van der Waals surface area contributed by atoms with Gasteiger partial charge in [-0.05, 0) is 12.8 Å². The number of aliphatic hydroxyl groups excluding tert-OH is 2. The van der Waals surface area contributed by atoms with Gasteiger partial charge in [0.15, 0.2) is 0 Å². The van der Waals surface area contributed by atoms with Crippen molar-refractivity contribution in [1.82, 2.24) is 5.64 Å². The fourth-order valence-electron chi connectivity index (χ4n) is 0.398. The van der Waals surface area contributed by atoms with E-state index in [1.165, 1.54) is 0 Å². The van der Waals surface area contributed by atoms with Gasteiger partial charge in [-0.2, -0.15) is 0 Å². The van der Waals surface area contributed by atoms with Gasteiger partial charge in [-0.1, -0.05) is 5.64 Å². The van der Waals surface area contributed by atoms with Crippen LogP contribution in [0.25, 0.3) is 0 Å². The van der Waals surface area contributed by atoms with E-state index < -0.39 is 0 Å². The van der Waals surface area contributed by atoms with Crippen LogP contribution in [0.4, 0.5) is 0 Å². The second kappa shape index (κ2) is 9.80. The van der Waals surface area contributed by atoms with E-state index in [-0.39, 0.29) is 14.6 Å². The first-order chi connectivity index (χ1) is 5.41. The Balaban J connectivity index is 0. The van der Waals surface area contributed by atoms with E-state index >= 15 is 0 Å². The number of rotatable bonds is 8. The van der Waals surface area contributed by atoms with Gasteiger partial charge in [0.05, 0.1) is 13.2 Å². The molecule has 0 radical (unpaired) electrons. The Hall–Kier alpha value is -0.200. The van der Waals surface area contributed by atoms with E-state index in [9.17, 15) is 0 Å². The molecule has 0 amide bonds. The molecule has 0 aromatic heterocycles. The minimum atomic E-state index is 0. The molecule has 0 saturated heterocycles. The average Bonchev–Trinajstić information content (AvgIpc) is 2.03. The van der Waals surface area contributed by atoms with E-state index in [0.29, 0.717) is 26.1 Å². The number of hydrogen-bond acceptors (Lipinski definition) is 5. The Morgan fingerprint density at radius 3 is 1.82 bits per heavy atom. The topological polar surface area (TPSA) is 71.0 Å². The summed E-state index contributed by atoms with van der Waals surface area (Å²) in [7, 11) is 0. The third-order valence-electron chi connectivity index (χ3n) is 0.927. The van der Waals surface area contributed by atoms with Crippen molar-refractivity contribution in [3.63, 3.8) is 0 Å². The fourth-order valence-corrected chi connectivity index (χ4v) is 0.398. The minimum Gasteiger partial charge on any atom is -0.396 e. The van der Waals surface area contributed by atoms with Crippen LogP contribution in [0.1, 0.15) is 14.3 Å². The zero-order valence-corrected chi connectivity index (χ0v) is 6.45. The van der Waals surface area contributed by atoms with E-state index in [4.69, 9.17) is 19.9 Å². The molecule has 5 heteroatoms. The van der Waals surface area contributed by atoms with Gasteiger partial charge in [-0.3, -0.25) is 9.68 Å². The van der Waals surface area contributed by atoms with Crippen LogP contribution >= 0.6 is 0 Å². The molecule has 5 nitrogen and oxygen atoms in total. The minimum absolute atomic E-state index is 0. The van der Waals surface area contributed by atoms with Gasteiger partial charge < -0.3 is 10.2 Å². The quantitative estimate of drug-likeness (QED) is 0.334. The second-order valence-corrected chi connectivity index (χ2v) is 1.93. The Bertz CT molecular complexity index is 68.6. The van der Waals surface area contributed by atoms with Gasteiger partial charge in [-0.25, -0.2) is 0 Å². The van der Waals surface area contributed by atoms with Gasteiger partial charge in [0, 0.05) is 14.6 Å². The summed E-state index contributed by atoms with van der Waals surface area (Å²) in [5, 5.41) is 16.7. The maximum absolute atomic E-state index is 8.33. The molecule has 11 heavy (non-hydrogen) atoms. The molecular formula is C6H17NO4. The largest absolute Gasteiger partial charge is 0.396 e.